The van der Waals surface area contributed by atoms with Crippen molar-refractivity contribution < 1.29 is 9.13 Å². The van der Waals surface area contributed by atoms with Crippen molar-refractivity contribution in [3.63, 3.8) is 0 Å². The van der Waals surface area contributed by atoms with E-state index in [4.69, 9.17) is 4.74 Å². The van der Waals surface area contributed by atoms with Gasteiger partial charge in [-0.05, 0) is 29.7 Å². The maximum atomic E-state index is 14.4. The standard InChI is InChI=1S/C17H17BrFNO/c1-21-15-8-4-5-12(16(15)19)9-17(10-20-11-17)13-6-2-3-7-14(13)18/h2-8,20H,9-11H2,1H3. The SMILES string of the molecule is COc1cccc(CC2(c3ccccc3Br)CNC2)c1F. The van der Waals surface area contributed by atoms with Gasteiger partial charge in [-0.1, -0.05) is 46.3 Å². The Balaban J connectivity index is 1.97. The second-order valence-corrected chi connectivity index (χ2v) is 6.33. The first kappa shape index (κ1) is 14.5. The lowest BCUT2D eigenvalue weighted by atomic mass is 9.71. The van der Waals surface area contributed by atoms with E-state index in [0.29, 0.717) is 17.7 Å². The van der Waals surface area contributed by atoms with Crippen molar-refractivity contribution in [1.29, 1.82) is 0 Å². The van der Waals surface area contributed by atoms with Crippen molar-refractivity contribution in [2.45, 2.75) is 11.8 Å². The number of halogens is 2. The lowest BCUT2D eigenvalue weighted by molar-refractivity contribution is 0.269. The maximum absolute atomic E-state index is 14.4. The maximum Gasteiger partial charge on any atom is 0.168 e. The van der Waals surface area contributed by atoms with Crippen LogP contribution in [0.4, 0.5) is 4.39 Å². The molecule has 21 heavy (non-hydrogen) atoms. The summed E-state index contributed by atoms with van der Waals surface area (Å²) >= 11 is 3.62. The van der Waals surface area contributed by atoms with Gasteiger partial charge in [0.1, 0.15) is 0 Å². The topological polar surface area (TPSA) is 21.3 Å². The van der Waals surface area contributed by atoms with Crippen LogP contribution in [0.2, 0.25) is 0 Å². The first-order chi connectivity index (χ1) is 10.2. The van der Waals surface area contributed by atoms with Gasteiger partial charge in [-0.15, -0.1) is 0 Å². The highest BCUT2D eigenvalue weighted by Gasteiger charge is 2.40. The summed E-state index contributed by atoms with van der Waals surface area (Å²) in [6, 6.07) is 13.5. The normalized spacial score (nSPS) is 16.3. The summed E-state index contributed by atoms with van der Waals surface area (Å²) in [7, 11) is 1.50. The first-order valence-corrected chi connectivity index (χ1v) is 7.73. The Morgan fingerprint density at radius 1 is 1.19 bits per heavy atom. The minimum Gasteiger partial charge on any atom is -0.494 e. The zero-order chi connectivity index (χ0) is 14.9. The summed E-state index contributed by atoms with van der Waals surface area (Å²) in [5.41, 5.74) is 1.87. The number of methoxy groups -OCH3 is 1. The minimum absolute atomic E-state index is 0.0622. The molecule has 1 N–H and O–H groups in total. The quantitative estimate of drug-likeness (QED) is 0.908. The molecular weight excluding hydrogens is 333 g/mol. The molecule has 110 valence electrons. The van der Waals surface area contributed by atoms with Crippen LogP contribution in [0.15, 0.2) is 46.9 Å². The van der Waals surface area contributed by atoms with E-state index in [1.165, 1.54) is 12.7 Å². The lowest BCUT2D eigenvalue weighted by Crippen LogP contribution is -2.58. The molecule has 0 saturated carbocycles. The van der Waals surface area contributed by atoms with Crippen LogP contribution in [0.25, 0.3) is 0 Å². The molecule has 1 saturated heterocycles. The lowest BCUT2D eigenvalue weighted by Gasteiger charge is -2.44. The van der Waals surface area contributed by atoms with Gasteiger partial charge >= 0.3 is 0 Å². The zero-order valence-electron chi connectivity index (χ0n) is 11.8. The van der Waals surface area contributed by atoms with Crippen LogP contribution in [0, 0.1) is 5.82 Å². The van der Waals surface area contributed by atoms with Crippen LogP contribution in [-0.4, -0.2) is 20.2 Å². The summed E-state index contributed by atoms with van der Waals surface area (Å²) in [6.45, 7) is 1.71. The number of hydrogen-bond donors (Lipinski definition) is 1. The van der Waals surface area contributed by atoms with Gasteiger partial charge < -0.3 is 10.1 Å². The molecule has 0 aromatic heterocycles. The summed E-state index contributed by atoms with van der Waals surface area (Å²) in [4.78, 5) is 0. The van der Waals surface area contributed by atoms with Crippen LogP contribution in [0.1, 0.15) is 11.1 Å². The summed E-state index contributed by atoms with van der Waals surface area (Å²) in [6.07, 6.45) is 0.658. The van der Waals surface area contributed by atoms with Crippen molar-refractivity contribution in [1.82, 2.24) is 5.32 Å². The van der Waals surface area contributed by atoms with E-state index < -0.39 is 0 Å². The Kier molecular flexibility index (Phi) is 4.00. The Hall–Kier alpha value is -1.39. The monoisotopic (exact) mass is 349 g/mol. The van der Waals surface area contributed by atoms with Gasteiger partial charge in [0.2, 0.25) is 0 Å². The molecular formula is C17H17BrFNO. The van der Waals surface area contributed by atoms with Crippen LogP contribution < -0.4 is 10.1 Å². The van der Waals surface area contributed by atoms with Crippen molar-refractivity contribution in [3.05, 3.63) is 63.9 Å². The van der Waals surface area contributed by atoms with E-state index >= 15 is 0 Å². The molecule has 3 rings (SSSR count). The van der Waals surface area contributed by atoms with Gasteiger partial charge in [-0.25, -0.2) is 4.39 Å². The molecule has 0 bridgehead atoms. The average molecular weight is 350 g/mol. The molecule has 1 aliphatic rings. The number of hydrogen-bond acceptors (Lipinski definition) is 2. The Bertz CT molecular complexity index is 655. The molecule has 1 heterocycles. The van der Waals surface area contributed by atoms with Crippen LogP contribution in [0.3, 0.4) is 0 Å². The summed E-state index contributed by atoms with van der Waals surface area (Å²) in [5, 5.41) is 3.32. The largest absolute Gasteiger partial charge is 0.494 e. The van der Waals surface area contributed by atoms with E-state index in [9.17, 15) is 4.39 Å². The van der Waals surface area contributed by atoms with Crippen molar-refractivity contribution >= 4 is 15.9 Å². The second-order valence-electron chi connectivity index (χ2n) is 5.47. The van der Waals surface area contributed by atoms with Crippen molar-refractivity contribution in [2.24, 2.45) is 0 Å². The summed E-state index contributed by atoms with van der Waals surface area (Å²) < 4.78 is 20.6. The molecule has 0 atom stereocenters. The molecule has 2 aromatic rings. The highest BCUT2D eigenvalue weighted by molar-refractivity contribution is 9.10. The fraction of sp³-hybridized carbons (Fsp3) is 0.294. The third-order valence-electron chi connectivity index (χ3n) is 4.16. The fourth-order valence-electron chi connectivity index (χ4n) is 2.94. The second kappa shape index (κ2) is 5.78. The van der Waals surface area contributed by atoms with Gasteiger partial charge in [0.25, 0.3) is 0 Å². The highest BCUT2D eigenvalue weighted by Crippen LogP contribution is 2.38. The van der Waals surface area contributed by atoms with Gasteiger partial charge in [0.05, 0.1) is 7.11 Å². The molecule has 1 aliphatic heterocycles. The number of benzene rings is 2. The van der Waals surface area contributed by atoms with E-state index in [2.05, 4.69) is 27.3 Å². The molecule has 4 heteroatoms. The fourth-order valence-corrected chi connectivity index (χ4v) is 3.65. The molecule has 0 aliphatic carbocycles. The van der Waals surface area contributed by atoms with Crippen LogP contribution in [-0.2, 0) is 11.8 Å². The van der Waals surface area contributed by atoms with Gasteiger partial charge in [-0.3, -0.25) is 0 Å². The van der Waals surface area contributed by atoms with Crippen molar-refractivity contribution in [3.8, 4) is 5.75 Å². The Morgan fingerprint density at radius 3 is 2.57 bits per heavy atom. The van der Waals surface area contributed by atoms with Crippen LogP contribution >= 0.6 is 15.9 Å². The minimum atomic E-state index is -0.252. The predicted molar refractivity (Wildman–Crippen MR) is 85.3 cm³/mol. The molecule has 0 spiro atoms. The van der Waals surface area contributed by atoms with Crippen LogP contribution in [0.5, 0.6) is 5.75 Å². The highest BCUT2D eigenvalue weighted by atomic mass is 79.9. The van der Waals surface area contributed by atoms with Gasteiger partial charge in [0, 0.05) is 23.0 Å². The van der Waals surface area contributed by atoms with Gasteiger partial charge in [0.15, 0.2) is 11.6 Å². The predicted octanol–water partition coefficient (Wildman–Crippen LogP) is 3.68. The van der Waals surface area contributed by atoms with Crippen molar-refractivity contribution in [2.75, 3.05) is 20.2 Å². The number of ether oxygens (including phenoxy) is 1. The third kappa shape index (κ3) is 2.58. The smallest absolute Gasteiger partial charge is 0.168 e. The van der Waals surface area contributed by atoms with E-state index in [1.54, 1.807) is 6.07 Å². The molecule has 0 amide bonds. The van der Waals surface area contributed by atoms with E-state index in [1.807, 2.05) is 30.3 Å². The summed E-state index contributed by atoms with van der Waals surface area (Å²) in [5.74, 6) is 0.0559. The first-order valence-electron chi connectivity index (χ1n) is 6.93. The Labute approximate surface area is 132 Å². The third-order valence-corrected chi connectivity index (χ3v) is 4.86. The molecule has 1 fully saturated rings. The molecule has 2 nitrogen and oxygen atoms in total. The molecule has 0 radical (unpaired) electrons. The molecule has 2 aromatic carbocycles. The average Bonchev–Trinajstić information content (AvgIpc) is 2.45. The number of nitrogens with one attached hydrogen (secondary N) is 1. The molecule has 0 unspecified atom stereocenters. The van der Waals surface area contributed by atoms with E-state index in [-0.39, 0.29) is 11.2 Å². The Morgan fingerprint density at radius 2 is 1.95 bits per heavy atom. The van der Waals surface area contributed by atoms with Gasteiger partial charge in [-0.2, -0.15) is 0 Å². The zero-order valence-corrected chi connectivity index (χ0v) is 13.4. The number of rotatable bonds is 4. The van der Waals surface area contributed by atoms with E-state index in [0.717, 1.165) is 17.6 Å².